The highest BCUT2D eigenvalue weighted by Crippen LogP contribution is 2.13. The summed E-state index contributed by atoms with van der Waals surface area (Å²) >= 11 is 0. The molecule has 3 aromatic rings. The van der Waals surface area contributed by atoms with E-state index in [-0.39, 0.29) is 16.9 Å². The van der Waals surface area contributed by atoms with Gasteiger partial charge in [0.15, 0.2) is 0 Å². The molecule has 0 aliphatic rings. The monoisotopic (exact) mass is 389 g/mol. The van der Waals surface area contributed by atoms with E-state index in [1.165, 1.54) is 36.6 Å². The molecule has 0 saturated carbocycles. The Labute approximate surface area is 166 Å². The fraction of sp³-hybridized carbons (Fsp3) is 0.0455. The minimum Gasteiger partial charge on any atom is -0.545 e. The molecule has 0 atom stereocenters. The maximum atomic E-state index is 12.7. The van der Waals surface area contributed by atoms with Crippen molar-refractivity contribution in [2.75, 3.05) is 5.32 Å². The molecule has 2 aromatic carbocycles. The number of anilines is 1. The number of aryl methyl sites for hydroxylation is 1. The Balaban J connectivity index is 1.84. The van der Waals surface area contributed by atoms with Crippen molar-refractivity contribution >= 4 is 29.5 Å². The Morgan fingerprint density at radius 3 is 2.38 bits per heavy atom. The van der Waals surface area contributed by atoms with E-state index in [4.69, 9.17) is 4.42 Å². The van der Waals surface area contributed by atoms with Gasteiger partial charge in [-0.3, -0.25) is 9.59 Å². The highest BCUT2D eigenvalue weighted by Gasteiger charge is 2.16. The largest absolute Gasteiger partial charge is 0.545 e. The van der Waals surface area contributed by atoms with Crippen molar-refractivity contribution in [2.24, 2.45) is 0 Å². The third kappa shape index (κ3) is 5.20. The number of carboxylic acids is 1. The predicted octanol–water partition coefficient (Wildman–Crippen LogP) is 2.36. The van der Waals surface area contributed by atoms with Crippen molar-refractivity contribution in [3.63, 3.8) is 0 Å². The number of rotatable bonds is 6. The van der Waals surface area contributed by atoms with Crippen LogP contribution in [0.15, 0.2) is 77.0 Å². The van der Waals surface area contributed by atoms with Gasteiger partial charge >= 0.3 is 0 Å². The number of nitrogens with one attached hydrogen (secondary N) is 2. The van der Waals surface area contributed by atoms with Gasteiger partial charge in [-0.1, -0.05) is 29.8 Å². The van der Waals surface area contributed by atoms with Crippen molar-refractivity contribution < 1.29 is 23.9 Å². The quantitative estimate of drug-likeness (QED) is 0.629. The third-order valence-corrected chi connectivity index (χ3v) is 3.99. The minimum absolute atomic E-state index is 0.0654. The second-order valence-electron chi connectivity index (χ2n) is 6.22. The maximum absolute atomic E-state index is 12.7. The summed E-state index contributed by atoms with van der Waals surface area (Å²) in [6.45, 7) is 1.90. The molecule has 0 spiro atoms. The van der Waals surface area contributed by atoms with Crippen LogP contribution >= 0.6 is 0 Å². The zero-order valence-electron chi connectivity index (χ0n) is 15.5. The molecule has 0 fully saturated rings. The molecule has 1 aromatic heterocycles. The highest BCUT2D eigenvalue weighted by atomic mass is 16.4. The van der Waals surface area contributed by atoms with Crippen molar-refractivity contribution in [1.29, 1.82) is 0 Å². The van der Waals surface area contributed by atoms with E-state index in [0.29, 0.717) is 11.3 Å². The molecule has 3 rings (SSSR count). The molecule has 1 heterocycles. The van der Waals surface area contributed by atoms with Crippen LogP contribution < -0.4 is 15.7 Å². The van der Waals surface area contributed by atoms with Crippen LogP contribution in [0.2, 0.25) is 0 Å². The Hall–Kier alpha value is -4.13. The SMILES string of the molecule is Cc1ccc(C(=O)N/C(=C/c2ccco2)C(=O)Nc2cccc(C(=O)[O-])c2)cc1. The van der Waals surface area contributed by atoms with Gasteiger partial charge in [0, 0.05) is 17.3 Å². The van der Waals surface area contributed by atoms with Gasteiger partial charge in [0.1, 0.15) is 11.5 Å². The number of hydrogen-bond acceptors (Lipinski definition) is 5. The van der Waals surface area contributed by atoms with E-state index < -0.39 is 17.8 Å². The number of carboxylic acid groups (broad SMARTS) is 1. The molecule has 0 bridgehead atoms. The lowest BCUT2D eigenvalue weighted by atomic mass is 10.1. The first-order valence-corrected chi connectivity index (χ1v) is 8.68. The van der Waals surface area contributed by atoms with Crippen LogP contribution in [0.4, 0.5) is 5.69 Å². The summed E-state index contributed by atoms with van der Waals surface area (Å²) in [6, 6.07) is 15.8. The predicted molar refractivity (Wildman–Crippen MR) is 105 cm³/mol. The molecule has 0 saturated heterocycles. The number of hydrogen-bond donors (Lipinski definition) is 2. The molecule has 0 aliphatic carbocycles. The van der Waals surface area contributed by atoms with Crippen molar-refractivity contribution in [3.05, 3.63) is 95.1 Å². The van der Waals surface area contributed by atoms with E-state index >= 15 is 0 Å². The number of carbonyl (C=O) groups is 3. The van der Waals surface area contributed by atoms with Gasteiger partial charge < -0.3 is 25.0 Å². The molecular formula is C22H17N2O5-. The van der Waals surface area contributed by atoms with Crippen molar-refractivity contribution in [3.8, 4) is 0 Å². The van der Waals surface area contributed by atoms with Gasteiger partial charge in [0.25, 0.3) is 11.8 Å². The summed E-state index contributed by atoms with van der Waals surface area (Å²) in [5.74, 6) is -2.11. The van der Waals surface area contributed by atoms with E-state index in [1.807, 2.05) is 6.92 Å². The Morgan fingerprint density at radius 1 is 0.966 bits per heavy atom. The smallest absolute Gasteiger partial charge is 0.272 e. The van der Waals surface area contributed by atoms with Gasteiger partial charge in [-0.05, 0) is 48.9 Å². The van der Waals surface area contributed by atoms with Crippen LogP contribution in [0, 0.1) is 6.92 Å². The summed E-state index contributed by atoms with van der Waals surface area (Å²) in [6.07, 6.45) is 2.82. The molecular weight excluding hydrogens is 372 g/mol. The molecule has 0 aliphatic heterocycles. The molecule has 2 N–H and O–H groups in total. The second-order valence-corrected chi connectivity index (χ2v) is 6.22. The summed E-state index contributed by atoms with van der Waals surface area (Å²) in [7, 11) is 0. The lowest BCUT2D eigenvalue weighted by Crippen LogP contribution is -2.30. The van der Waals surface area contributed by atoms with Crippen LogP contribution in [-0.4, -0.2) is 17.8 Å². The van der Waals surface area contributed by atoms with Gasteiger partial charge in [0.05, 0.1) is 12.2 Å². The number of aromatic carboxylic acids is 1. The molecule has 29 heavy (non-hydrogen) atoms. The lowest BCUT2D eigenvalue weighted by Gasteiger charge is -2.12. The molecule has 7 heteroatoms. The van der Waals surface area contributed by atoms with E-state index in [0.717, 1.165) is 5.56 Å². The van der Waals surface area contributed by atoms with Gasteiger partial charge in [-0.15, -0.1) is 0 Å². The molecule has 2 amide bonds. The van der Waals surface area contributed by atoms with Gasteiger partial charge in [0.2, 0.25) is 0 Å². The Kier molecular flexibility index (Phi) is 5.89. The maximum Gasteiger partial charge on any atom is 0.272 e. The van der Waals surface area contributed by atoms with E-state index in [9.17, 15) is 19.5 Å². The molecule has 7 nitrogen and oxygen atoms in total. The fourth-order valence-electron chi connectivity index (χ4n) is 2.50. The standard InChI is InChI=1S/C22H18N2O5/c1-14-7-9-15(10-8-14)20(25)24-19(13-18-6-3-11-29-18)21(26)23-17-5-2-4-16(12-17)22(27)28/h2-13H,1H3,(H,23,26)(H,24,25)(H,27,28)/p-1/b19-13+. The first-order chi connectivity index (χ1) is 13.9. The Bertz CT molecular complexity index is 1070. The molecule has 0 unspecified atom stereocenters. The molecule has 146 valence electrons. The van der Waals surface area contributed by atoms with Crippen LogP contribution in [0.3, 0.4) is 0 Å². The summed E-state index contributed by atoms with van der Waals surface area (Å²) < 4.78 is 5.22. The average molecular weight is 389 g/mol. The molecule has 0 radical (unpaired) electrons. The van der Waals surface area contributed by atoms with E-state index in [1.54, 1.807) is 36.4 Å². The number of carbonyl (C=O) groups excluding carboxylic acids is 3. The summed E-state index contributed by atoms with van der Waals surface area (Å²) in [5.41, 5.74) is 1.48. The van der Waals surface area contributed by atoms with Gasteiger partial charge in [-0.25, -0.2) is 0 Å². The van der Waals surface area contributed by atoms with Crippen LogP contribution in [0.1, 0.15) is 32.0 Å². The van der Waals surface area contributed by atoms with Crippen LogP contribution in [0.25, 0.3) is 6.08 Å². The third-order valence-electron chi connectivity index (χ3n) is 3.99. The van der Waals surface area contributed by atoms with Crippen molar-refractivity contribution in [2.45, 2.75) is 6.92 Å². The van der Waals surface area contributed by atoms with Crippen LogP contribution in [-0.2, 0) is 4.79 Å². The summed E-state index contributed by atoms with van der Waals surface area (Å²) in [4.78, 5) is 36.3. The van der Waals surface area contributed by atoms with Crippen LogP contribution in [0.5, 0.6) is 0 Å². The fourth-order valence-corrected chi connectivity index (χ4v) is 2.50. The normalized spacial score (nSPS) is 11.0. The van der Waals surface area contributed by atoms with E-state index in [2.05, 4.69) is 10.6 Å². The second kappa shape index (κ2) is 8.71. The minimum atomic E-state index is -1.36. The van der Waals surface area contributed by atoms with Gasteiger partial charge in [-0.2, -0.15) is 0 Å². The topological polar surface area (TPSA) is 111 Å². The first kappa shape index (κ1) is 19.6. The number of benzene rings is 2. The average Bonchev–Trinajstić information content (AvgIpc) is 3.21. The number of furan rings is 1. The Morgan fingerprint density at radius 2 is 1.72 bits per heavy atom. The van der Waals surface area contributed by atoms with Crippen molar-refractivity contribution in [1.82, 2.24) is 5.32 Å². The zero-order valence-corrected chi connectivity index (χ0v) is 15.5. The lowest BCUT2D eigenvalue weighted by molar-refractivity contribution is -0.255. The summed E-state index contributed by atoms with van der Waals surface area (Å²) in [5, 5.41) is 16.1. The zero-order chi connectivity index (χ0) is 20.8. The number of amides is 2. The first-order valence-electron chi connectivity index (χ1n) is 8.68. The highest BCUT2D eigenvalue weighted by molar-refractivity contribution is 6.10.